The number of carbonyl (C=O) groups excluding carboxylic acids is 2. The minimum atomic E-state index is -4.42. The SMILES string of the molecule is CNC(=O)c1cccc(NCC(=O)Nc2ccc(C(F)(F)F)cc2)c1C. The Morgan fingerprint density at radius 2 is 1.69 bits per heavy atom. The van der Waals surface area contributed by atoms with Crippen molar-refractivity contribution >= 4 is 23.2 Å². The summed E-state index contributed by atoms with van der Waals surface area (Å²) in [5.74, 6) is -0.658. The summed E-state index contributed by atoms with van der Waals surface area (Å²) >= 11 is 0. The quantitative estimate of drug-likeness (QED) is 0.760. The first kappa shape index (κ1) is 19.3. The van der Waals surface area contributed by atoms with E-state index in [9.17, 15) is 22.8 Å². The third kappa shape index (κ3) is 4.75. The molecule has 0 aliphatic carbocycles. The van der Waals surface area contributed by atoms with Gasteiger partial charge in [0, 0.05) is 24.0 Å². The van der Waals surface area contributed by atoms with Crippen LogP contribution in [-0.4, -0.2) is 25.4 Å². The normalized spacial score (nSPS) is 11.0. The molecule has 0 radical (unpaired) electrons. The maximum absolute atomic E-state index is 12.5. The van der Waals surface area contributed by atoms with E-state index in [-0.39, 0.29) is 18.1 Å². The lowest BCUT2D eigenvalue weighted by molar-refractivity contribution is -0.137. The third-order valence-corrected chi connectivity index (χ3v) is 3.74. The lowest BCUT2D eigenvalue weighted by atomic mass is 10.1. The van der Waals surface area contributed by atoms with E-state index in [1.165, 1.54) is 19.2 Å². The fraction of sp³-hybridized carbons (Fsp3) is 0.222. The van der Waals surface area contributed by atoms with Gasteiger partial charge >= 0.3 is 6.18 Å². The molecule has 0 heterocycles. The molecule has 0 bridgehead atoms. The second kappa shape index (κ2) is 7.90. The lowest BCUT2D eigenvalue weighted by Gasteiger charge is -2.13. The Hall–Kier alpha value is -3.03. The predicted molar refractivity (Wildman–Crippen MR) is 93.1 cm³/mol. The van der Waals surface area contributed by atoms with Crippen LogP contribution in [0.4, 0.5) is 24.5 Å². The van der Waals surface area contributed by atoms with Crippen LogP contribution in [0.15, 0.2) is 42.5 Å². The number of alkyl halides is 3. The van der Waals surface area contributed by atoms with Gasteiger partial charge in [-0.15, -0.1) is 0 Å². The summed E-state index contributed by atoms with van der Waals surface area (Å²) < 4.78 is 37.6. The molecule has 2 aromatic carbocycles. The van der Waals surface area contributed by atoms with Crippen LogP contribution in [-0.2, 0) is 11.0 Å². The summed E-state index contributed by atoms with van der Waals surface area (Å²) in [6.07, 6.45) is -4.42. The smallest absolute Gasteiger partial charge is 0.376 e. The van der Waals surface area contributed by atoms with E-state index >= 15 is 0 Å². The molecule has 0 aliphatic rings. The van der Waals surface area contributed by atoms with Crippen molar-refractivity contribution in [2.45, 2.75) is 13.1 Å². The summed E-state index contributed by atoms with van der Waals surface area (Å²) in [5.41, 5.74) is 1.28. The zero-order chi connectivity index (χ0) is 19.3. The molecule has 5 nitrogen and oxygen atoms in total. The van der Waals surface area contributed by atoms with Gasteiger partial charge in [-0.05, 0) is 48.9 Å². The summed E-state index contributed by atoms with van der Waals surface area (Å²) in [5, 5.41) is 7.96. The molecule has 2 rings (SSSR count). The highest BCUT2D eigenvalue weighted by atomic mass is 19.4. The van der Waals surface area contributed by atoms with E-state index in [0.717, 1.165) is 12.1 Å². The fourth-order valence-corrected chi connectivity index (χ4v) is 2.33. The predicted octanol–water partition coefficient (Wildman–Crippen LogP) is 3.42. The molecular weight excluding hydrogens is 347 g/mol. The number of anilines is 2. The van der Waals surface area contributed by atoms with E-state index in [1.54, 1.807) is 25.1 Å². The Balaban J connectivity index is 1.98. The number of halogens is 3. The van der Waals surface area contributed by atoms with Crippen molar-refractivity contribution in [2.24, 2.45) is 0 Å². The van der Waals surface area contributed by atoms with E-state index < -0.39 is 17.6 Å². The highest BCUT2D eigenvalue weighted by molar-refractivity contribution is 5.97. The van der Waals surface area contributed by atoms with Gasteiger partial charge in [-0.3, -0.25) is 9.59 Å². The molecule has 0 spiro atoms. The van der Waals surface area contributed by atoms with E-state index in [1.807, 2.05) is 0 Å². The van der Waals surface area contributed by atoms with Crippen LogP contribution in [0.5, 0.6) is 0 Å². The molecular formula is C18H18F3N3O2. The average Bonchev–Trinajstić information content (AvgIpc) is 2.60. The van der Waals surface area contributed by atoms with Gasteiger partial charge < -0.3 is 16.0 Å². The first-order valence-electron chi connectivity index (χ1n) is 7.75. The number of carbonyl (C=O) groups is 2. The average molecular weight is 365 g/mol. The van der Waals surface area contributed by atoms with Crippen LogP contribution in [0.1, 0.15) is 21.5 Å². The molecule has 8 heteroatoms. The molecule has 0 unspecified atom stereocenters. The topological polar surface area (TPSA) is 70.2 Å². The molecule has 0 atom stereocenters. The molecule has 138 valence electrons. The van der Waals surface area contributed by atoms with Gasteiger partial charge in [0.05, 0.1) is 12.1 Å². The van der Waals surface area contributed by atoms with Gasteiger partial charge in [-0.2, -0.15) is 13.2 Å². The largest absolute Gasteiger partial charge is 0.416 e. The van der Waals surface area contributed by atoms with Gasteiger partial charge in [0.1, 0.15) is 0 Å². The van der Waals surface area contributed by atoms with Gasteiger partial charge in [0.25, 0.3) is 5.91 Å². The van der Waals surface area contributed by atoms with Crippen LogP contribution in [0.3, 0.4) is 0 Å². The van der Waals surface area contributed by atoms with Crippen molar-refractivity contribution in [1.82, 2.24) is 5.32 Å². The van der Waals surface area contributed by atoms with Gasteiger partial charge in [0.15, 0.2) is 0 Å². The molecule has 0 fully saturated rings. The molecule has 0 saturated heterocycles. The van der Waals surface area contributed by atoms with E-state index in [0.29, 0.717) is 16.8 Å². The van der Waals surface area contributed by atoms with E-state index in [4.69, 9.17) is 0 Å². The van der Waals surface area contributed by atoms with Crippen molar-refractivity contribution in [3.05, 3.63) is 59.2 Å². The van der Waals surface area contributed by atoms with E-state index in [2.05, 4.69) is 16.0 Å². The first-order chi connectivity index (χ1) is 12.2. The number of benzene rings is 2. The number of rotatable bonds is 5. The van der Waals surface area contributed by atoms with Crippen LogP contribution in [0.25, 0.3) is 0 Å². The van der Waals surface area contributed by atoms with Gasteiger partial charge in [-0.1, -0.05) is 6.07 Å². The molecule has 2 amide bonds. The van der Waals surface area contributed by atoms with Crippen molar-refractivity contribution in [3.63, 3.8) is 0 Å². The van der Waals surface area contributed by atoms with Crippen molar-refractivity contribution in [3.8, 4) is 0 Å². The monoisotopic (exact) mass is 365 g/mol. The standard InChI is InChI=1S/C18H18F3N3O2/c1-11-14(17(26)22-2)4-3-5-15(11)23-10-16(25)24-13-8-6-12(7-9-13)18(19,20)21/h3-9,23H,10H2,1-2H3,(H,22,26)(H,24,25). The van der Waals surface area contributed by atoms with Gasteiger partial charge in [-0.25, -0.2) is 0 Å². The highest BCUT2D eigenvalue weighted by Gasteiger charge is 2.29. The van der Waals surface area contributed by atoms with Gasteiger partial charge in [0.2, 0.25) is 5.91 Å². The third-order valence-electron chi connectivity index (χ3n) is 3.74. The number of amides is 2. The Morgan fingerprint density at radius 1 is 1.04 bits per heavy atom. The Kier molecular flexibility index (Phi) is 5.86. The zero-order valence-electron chi connectivity index (χ0n) is 14.2. The maximum atomic E-state index is 12.5. The summed E-state index contributed by atoms with van der Waals surface area (Å²) in [7, 11) is 1.53. The first-order valence-corrected chi connectivity index (χ1v) is 7.75. The summed E-state index contributed by atoms with van der Waals surface area (Å²) in [6, 6.07) is 9.28. The van der Waals surface area contributed by atoms with Crippen LogP contribution in [0.2, 0.25) is 0 Å². The maximum Gasteiger partial charge on any atom is 0.416 e. The lowest BCUT2D eigenvalue weighted by Crippen LogP contribution is -2.23. The number of nitrogens with one attached hydrogen (secondary N) is 3. The molecule has 0 saturated carbocycles. The molecule has 0 aromatic heterocycles. The van der Waals surface area contributed by atoms with Crippen LogP contribution in [0, 0.1) is 6.92 Å². The molecule has 3 N–H and O–H groups in total. The molecule has 2 aromatic rings. The van der Waals surface area contributed by atoms with Crippen molar-refractivity contribution in [1.29, 1.82) is 0 Å². The van der Waals surface area contributed by atoms with Crippen molar-refractivity contribution in [2.75, 3.05) is 24.2 Å². The molecule has 26 heavy (non-hydrogen) atoms. The van der Waals surface area contributed by atoms with Crippen LogP contribution >= 0.6 is 0 Å². The Bertz CT molecular complexity index is 802. The van der Waals surface area contributed by atoms with Crippen molar-refractivity contribution < 1.29 is 22.8 Å². The zero-order valence-corrected chi connectivity index (χ0v) is 14.2. The summed E-state index contributed by atoms with van der Waals surface area (Å²) in [4.78, 5) is 23.7. The minimum absolute atomic E-state index is 0.0982. The second-order valence-corrected chi connectivity index (χ2v) is 5.53. The minimum Gasteiger partial charge on any atom is -0.376 e. The summed E-state index contributed by atoms with van der Waals surface area (Å²) in [6.45, 7) is 1.65. The number of hydrogen-bond acceptors (Lipinski definition) is 3. The Morgan fingerprint density at radius 3 is 2.27 bits per heavy atom. The fourth-order valence-electron chi connectivity index (χ4n) is 2.33. The Labute approximate surface area is 148 Å². The number of hydrogen-bond donors (Lipinski definition) is 3. The molecule has 0 aliphatic heterocycles. The highest BCUT2D eigenvalue weighted by Crippen LogP contribution is 2.29. The van der Waals surface area contributed by atoms with Crippen LogP contribution < -0.4 is 16.0 Å². The second-order valence-electron chi connectivity index (χ2n) is 5.53.